The molecule has 0 saturated carbocycles. The summed E-state index contributed by atoms with van der Waals surface area (Å²) < 4.78 is 17.9. The summed E-state index contributed by atoms with van der Waals surface area (Å²) in [5.74, 6) is 0.0412. The van der Waals surface area contributed by atoms with Crippen molar-refractivity contribution in [1.29, 1.82) is 0 Å². The summed E-state index contributed by atoms with van der Waals surface area (Å²) in [6.07, 6.45) is 1.83. The number of hydrogen-bond donors (Lipinski definition) is 0. The van der Waals surface area contributed by atoms with Crippen molar-refractivity contribution in [2.75, 3.05) is 24.7 Å². The fourth-order valence-corrected chi connectivity index (χ4v) is 4.18. The average Bonchev–Trinajstić information content (AvgIpc) is 2.96. The number of hydrogen-bond acceptors (Lipinski definition) is 4. The Kier molecular flexibility index (Phi) is 5.85. The lowest BCUT2D eigenvalue weighted by Gasteiger charge is -2.33. The van der Waals surface area contributed by atoms with Crippen molar-refractivity contribution in [2.45, 2.75) is 52.9 Å². The molecule has 0 bridgehead atoms. The first kappa shape index (κ1) is 20.9. The third-order valence-electron chi connectivity index (χ3n) is 5.84. The maximum absolute atomic E-state index is 13.6. The van der Waals surface area contributed by atoms with Crippen LogP contribution in [-0.2, 0) is 26.6 Å². The Hall–Kier alpha value is -2.37. The molecule has 30 heavy (non-hydrogen) atoms. The average molecular weight is 410 g/mol. The molecule has 2 heterocycles. The van der Waals surface area contributed by atoms with Crippen LogP contribution in [0.5, 0.6) is 5.75 Å². The van der Waals surface area contributed by atoms with Crippen LogP contribution in [0.2, 0.25) is 0 Å². The van der Waals surface area contributed by atoms with E-state index in [0.29, 0.717) is 32.3 Å². The SMILES string of the molecule is Cc1ccc(C)c2c1N(Cc1ccc(OCCC(C)C)cc1)C(=O)C21OCCCO1. The summed E-state index contributed by atoms with van der Waals surface area (Å²) >= 11 is 0. The molecule has 0 atom stereocenters. The van der Waals surface area contributed by atoms with Crippen molar-refractivity contribution in [3.8, 4) is 5.75 Å². The fraction of sp³-hybridized carbons (Fsp3) is 0.480. The normalized spacial score (nSPS) is 17.6. The number of nitrogens with zero attached hydrogens (tertiary/aromatic N) is 1. The molecule has 1 amide bonds. The van der Waals surface area contributed by atoms with E-state index in [0.717, 1.165) is 46.5 Å². The van der Waals surface area contributed by atoms with Gasteiger partial charge in [0.25, 0.3) is 11.7 Å². The number of anilines is 1. The monoisotopic (exact) mass is 409 g/mol. The molecule has 4 rings (SSSR count). The third kappa shape index (κ3) is 3.72. The number of carbonyl (C=O) groups is 1. The lowest BCUT2D eigenvalue weighted by Crippen LogP contribution is -2.47. The minimum Gasteiger partial charge on any atom is -0.494 e. The Balaban J connectivity index is 1.59. The molecule has 5 heteroatoms. The van der Waals surface area contributed by atoms with Gasteiger partial charge in [-0.2, -0.15) is 0 Å². The number of fused-ring (bicyclic) bond motifs is 2. The predicted octanol–water partition coefficient (Wildman–Crippen LogP) is 4.86. The van der Waals surface area contributed by atoms with Gasteiger partial charge >= 0.3 is 0 Å². The van der Waals surface area contributed by atoms with Gasteiger partial charge in [-0.3, -0.25) is 4.79 Å². The summed E-state index contributed by atoms with van der Waals surface area (Å²) in [6.45, 7) is 10.7. The van der Waals surface area contributed by atoms with Crippen molar-refractivity contribution >= 4 is 11.6 Å². The highest BCUT2D eigenvalue weighted by molar-refractivity contribution is 6.07. The van der Waals surface area contributed by atoms with Gasteiger partial charge in [0.15, 0.2) is 0 Å². The first-order valence-corrected chi connectivity index (χ1v) is 10.8. The topological polar surface area (TPSA) is 48.0 Å². The number of aryl methyl sites for hydroxylation is 2. The van der Waals surface area contributed by atoms with Gasteiger partial charge in [-0.25, -0.2) is 0 Å². The molecule has 0 radical (unpaired) electrons. The Morgan fingerprint density at radius 3 is 2.37 bits per heavy atom. The molecule has 0 aromatic heterocycles. The maximum Gasteiger partial charge on any atom is 0.292 e. The molecule has 0 aliphatic carbocycles. The number of carbonyl (C=O) groups excluding carboxylic acids is 1. The molecule has 0 N–H and O–H groups in total. The molecule has 1 fully saturated rings. The molecular formula is C25H31NO4. The molecule has 2 aromatic carbocycles. The molecule has 2 aliphatic rings. The molecule has 2 aliphatic heterocycles. The number of rotatable bonds is 6. The molecule has 1 spiro atoms. The summed E-state index contributed by atoms with van der Waals surface area (Å²) in [7, 11) is 0. The van der Waals surface area contributed by atoms with E-state index in [2.05, 4.69) is 19.9 Å². The lowest BCUT2D eigenvalue weighted by molar-refractivity contribution is -0.257. The fourth-order valence-electron chi connectivity index (χ4n) is 4.18. The zero-order valence-electron chi connectivity index (χ0n) is 18.4. The second-order valence-electron chi connectivity index (χ2n) is 8.66. The first-order valence-electron chi connectivity index (χ1n) is 10.8. The van der Waals surface area contributed by atoms with Gasteiger partial charge in [0.1, 0.15) is 5.75 Å². The van der Waals surface area contributed by atoms with Gasteiger partial charge in [0, 0.05) is 5.56 Å². The summed E-state index contributed by atoms with van der Waals surface area (Å²) in [4.78, 5) is 15.4. The van der Waals surface area contributed by atoms with Crippen LogP contribution in [0.3, 0.4) is 0 Å². The van der Waals surface area contributed by atoms with E-state index < -0.39 is 5.79 Å². The van der Waals surface area contributed by atoms with Crippen LogP contribution < -0.4 is 9.64 Å². The van der Waals surface area contributed by atoms with Gasteiger partial charge in [-0.15, -0.1) is 0 Å². The van der Waals surface area contributed by atoms with Gasteiger partial charge < -0.3 is 19.1 Å². The Bertz CT molecular complexity index is 913. The van der Waals surface area contributed by atoms with E-state index >= 15 is 0 Å². The molecule has 1 saturated heterocycles. The Morgan fingerprint density at radius 2 is 1.70 bits per heavy atom. The highest BCUT2D eigenvalue weighted by Gasteiger charge is 2.56. The zero-order valence-corrected chi connectivity index (χ0v) is 18.4. The van der Waals surface area contributed by atoms with Crippen LogP contribution in [0.1, 0.15) is 48.9 Å². The van der Waals surface area contributed by atoms with Crippen LogP contribution in [0.25, 0.3) is 0 Å². The Morgan fingerprint density at radius 1 is 1.03 bits per heavy atom. The van der Waals surface area contributed by atoms with Crippen LogP contribution in [-0.4, -0.2) is 25.7 Å². The van der Waals surface area contributed by atoms with Crippen molar-refractivity contribution in [2.24, 2.45) is 5.92 Å². The van der Waals surface area contributed by atoms with Gasteiger partial charge in [0.05, 0.1) is 32.1 Å². The van der Waals surface area contributed by atoms with E-state index in [4.69, 9.17) is 14.2 Å². The maximum atomic E-state index is 13.6. The van der Waals surface area contributed by atoms with Crippen LogP contribution in [0.15, 0.2) is 36.4 Å². The molecule has 160 valence electrons. The second-order valence-corrected chi connectivity index (χ2v) is 8.66. The van der Waals surface area contributed by atoms with Crippen LogP contribution in [0, 0.1) is 19.8 Å². The summed E-state index contributed by atoms with van der Waals surface area (Å²) in [5.41, 5.74) is 4.88. The number of benzene rings is 2. The molecule has 2 aromatic rings. The largest absolute Gasteiger partial charge is 0.494 e. The zero-order chi connectivity index (χ0) is 21.3. The predicted molar refractivity (Wildman–Crippen MR) is 117 cm³/mol. The van der Waals surface area contributed by atoms with E-state index in [9.17, 15) is 4.79 Å². The quantitative estimate of drug-likeness (QED) is 0.683. The van der Waals surface area contributed by atoms with E-state index in [1.54, 1.807) is 0 Å². The first-order chi connectivity index (χ1) is 14.4. The van der Waals surface area contributed by atoms with Gasteiger partial charge in [-0.1, -0.05) is 38.1 Å². The number of amides is 1. The van der Waals surface area contributed by atoms with E-state index in [1.165, 1.54) is 0 Å². The van der Waals surface area contributed by atoms with E-state index in [1.807, 2.05) is 49.1 Å². The van der Waals surface area contributed by atoms with Crippen LogP contribution >= 0.6 is 0 Å². The smallest absolute Gasteiger partial charge is 0.292 e. The lowest BCUT2D eigenvalue weighted by atomic mass is 9.97. The van der Waals surface area contributed by atoms with Crippen molar-refractivity contribution in [1.82, 2.24) is 0 Å². The third-order valence-corrected chi connectivity index (χ3v) is 5.84. The summed E-state index contributed by atoms with van der Waals surface area (Å²) in [5, 5.41) is 0. The minimum atomic E-state index is -1.30. The van der Waals surface area contributed by atoms with Crippen molar-refractivity contribution in [3.05, 3.63) is 58.7 Å². The van der Waals surface area contributed by atoms with Crippen molar-refractivity contribution in [3.63, 3.8) is 0 Å². The van der Waals surface area contributed by atoms with Gasteiger partial charge in [0.2, 0.25) is 0 Å². The molecular weight excluding hydrogens is 378 g/mol. The summed E-state index contributed by atoms with van der Waals surface area (Å²) in [6, 6.07) is 12.1. The molecule has 0 unspecified atom stereocenters. The number of ether oxygens (including phenoxy) is 3. The Labute approximate surface area is 178 Å². The van der Waals surface area contributed by atoms with Gasteiger partial charge in [-0.05, 0) is 61.4 Å². The standard InChI is InChI=1S/C25H31NO4/c1-17(2)12-15-28-21-10-8-20(9-11-21)16-26-23-19(4)7-6-18(3)22(23)25(24(26)27)29-13-5-14-30-25/h6-11,17H,5,12-16H2,1-4H3. The second kappa shape index (κ2) is 8.40. The highest BCUT2D eigenvalue weighted by Crippen LogP contribution is 2.48. The van der Waals surface area contributed by atoms with Crippen molar-refractivity contribution < 1.29 is 19.0 Å². The molecule has 5 nitrogen and oxygen atoms in total. The van der Waals surface area contributed by atoms with E-state index in [-0.39, 0.29) is 5.91 Å². The minimum absolute atomic E-state index is 0.133. The highest BCUT2D eigenvalue weighted by atomic mass is 16.7. The van der Waals surface area contributed by atoms with Crippen LogP contribution in [0.4, 0.5) is 5.69 Å².